The van der Waals surface area contributed by atoms with E-state index in [2.05, 4.69) is 32.3 Å². The predicted molar refractivity (Wildman–Crippen MR) is 134 cm³/mol. The van der Waals surface area contributed by atoms with Crippen molar-refractivity contribution in [2.75, 3.05) is 24.5 Å². The molecule has 0 saturated carbocycles. The normalized spacial score (nSPS) is 13.7. The van der Waals surface area contributed by atoms with Gasteiger partial charge in [0.2, 0.25) is 0 Å². The van der Waals surface area contributed by atoms with Crippen molar-refractivity contribution in [3.63, 3.8) is 0 Å². The van der Waals surface area contributed by atoms with Gasteiger partial charge < -0.3 is 10.2 Å². The summed E-state index contributed by atoms with van der Waals surface area (Å²) in [5.41, 5.74) is 4.02. The van der Waals surface area contributed by atoms with Crippen molar-refractivity contribution in [2.45, 2.75) is 32.6 Å². The number of carbonyl (C=O) groups is 2. The maximum absolute atomic E-state index is 13.3. The van der Waals surface area contributed by atoms with Crippen LogP contribution in [-0.4, -0.2) is 41.5 Å². The van der Waals surface area contributed by atoms with E-state index < -0.39 is 0 Å². The van der Waals surface area contributed by atoms with Crippen LogP contribution in [0.1, 0.15) is 53.2 Å². The predicted octanol–water partition coefficient (Wildman–Crippen LogP) is 4.12. The lowest BCUT2D eigenvalue weighted by molar-refractivity contribution is -0.121. The van der Waals surface area contributed by atoms with Crippen LogP contribution in [0.3, 0.4) is 0 Å². The summed E-state index contributed by atoms with van der Waals surface area (Å²) in [5, 5.41) is 9.70. The van der Waals surface area contributed by atoms with Gasteiger partial charge in [0.25, 0.3) is 5.91 Å². The molecule has 180 valence electrons. The number of rotatable bonds is 7. The summed E-state index contributed by atoms with van der Waals surface area (Å²) in [7, 11) is 0. The first-order valence-electron chi connectivity index (χ1n) is 11.9. The van der Waals surface area contributed by atoms with Crippen LogP contribution in [0.5, 0.6) is 0 Å². The number of ketones is 1. The minimum atomic E-state index is -0.309. The first-order chi connectivity index (χ1) is 17.0. The van der Waals surface area contributed by atoms with Crippen molar-refractivity contribution < 1.29 is 14.0 Å². The fraction of sp³-hybridized carbons (Fsp3) is 0.321. The second-order valence-electron chi connectivity index (χ2n) is 8.83. The van der Waals surface area contributed by atoms with Crippen LogP contribution >= 0.6 is 0 Å². The van der Waals surface area contributed by atoms with Gasteiger partial charge in [0.05, 0.1) is 11.9 Å². The Bertz CT molecular complexity index is 1220. The van der Waals surface area contributed by atoms with Gasteiger partial charge >= 0.3 is 0 Å². The second kappa shape index (κ2) is 11.5. The van der Waals surface area contributed by atoms with Gasteiger partial charge in [-0.1, -0.05) is 11.8 Å². The lowest BCUT2D eigenvalue weighted by Crippen LogP contribution is -2.36. The van der Waals surface area contributed by atoms with Gasteiger partial charge in [-0.15, -0.1) is 0 Å². The zero-order valence-corrected chi connectivity index (χ0v) is 19.8. The molecule has 2 heterocycles. The molecule has 1 aliphatic rings. The molecule has 1 fully saturated rings. The van der Waals surface area contributed by atoms with E-state index in [0.717, 1.165) is 55.6 Å². The molecule has 1 amide bonds. The summed E-state index contributed by atoms with van der Waals surface area (Å²) in [6, 6.07) is 11.6. The fourth-order valence-corrected chi connectivity index (χ4v) is 4.26. The monoisotopic (exact) mass is 472 g/mol. The van der Waals surface area contributed by atoms with Crippen LogP contribution in [0.2, 0.25) is 0 Å². The number of hydrogen-bond acceptors (Lipinski definition) is 4. The van der Waals surface area contributed by atoms with E-state index in [0.29, 0.717) is 17.7 Å². The van der Waals surface area contributed by atoms with Crippen molar-refractivity contribution in [3.05, 3.63) is 82.9 Å². The third kappa shape index (κ3) is 6.57. The molecular formula is C28H29FN4O2. The molecule has 3 aromatic rings. The third-order valence-corrected chi connectivity index (χ3v) is 6.34. The molecule has 0 spiro atoms. The van der Waals surface area contributed by atoms with Gasteiger partial charge in [-0.3, -0.25) is 14.7 Å². The minimum absolute atomic E-state index is 0.104. The van der Waals surface area contributed by atoms with Gasteiger partial charge in [-0.2, -0.15) is 5.10 Å². The summed E-state index contributed by atoms with van der Waals surface area (Å²) < 4.78 is 13.3. The van der Waals surface area contributed by atoms with Crippen LogP contribution in [-0.2, 0) is 11.2 Å². The number of nitrogens with one attached hydrogen (secondary N) is 2. The average Bonchev–Trinajstić information content (AvgIpc) is 3.40. The first kappa shape index (κ1) is 24.2. The number of hydrogen-bond donors (Lipinski definition) is 2. The Morgan fingerprint density at radius 2 is 1.91 bits per heavy atom. The molecular weight excluding hydrogens is 443 g/mol. The SMILES string of the molecule is CC(=O)C1CCN(c2ccc(C(=O)NCCCc3cn[nH]c3)cc2C#Cc2ccc(F)cc2)CC1. The number of Topliss-reactive ketones (excluding diaryl/α,β-unsaturated/α-hetero) is 1. The van der Waals surface area contributed by atoms with Gasteiger partial charge in [0.15, 0.2) is 0 Å². The zero-order chi connectivity index (χ0) is 24.6. The number of nitrogens with zero attached hydrogens (tertiary/aromatic N) is 2. The fourth-order valence-electron chi connectivity index (χ4n) is 4.26. The lowest BCUT2D eigenvalue weighted by atomic mass is 9.92. The molecule has 0 atom stereocenters. The van der Waals surface area contributed by atoms with E-state index in [4.69, 9.17) is 0 Å². The van der Waals surface area contributed by atoms with E-state index in [1.807, 2.05) is 24.4 Å². The number of carbonyl (C=O) groups excluding carboxylic acids is 2. The highest BCUT2D eigenvalue weighted by atomic mass is 19.1. The number of anilines is 1. The minimum Gasteiger partial charge on any atom is -0.370 e. The molecule has 0 aliphatic carbocycles. The number of piperidine rings is 1. The van der Waals surface area contributed by atoms with Crippen molar-refractivity contribution in [2.24, 2.45) is 5.92 Å². The highest BCUT2D eigenvalue weighted by molar-refractivity contribution is 5.95. The van der Waals surface area contributed by atoms with E-state index in [-0.39, 0.29) is 23.4 Å². The van der Waals surface area contributed by atoms with E-state index in [9.17, 15) is 14.0 Å². The largest absolute Gasteiger partial charge is 0.370 e. The van der Waals surface area contributed by atoms with E-state index in [1.165, 1.54) is 12.1 Å². The Morgan fingerprint density at radius 1 is 1.14 bits per heavy atom. The number of aromatic amines is 1. The van der Waals surface area contributed by atoms with Crippen LogP contribution in [0.15, 0.2) is 54.9 Å². The van der Waals surface area contributed by atoms with Crippen molar-refractivity contribution >= 4 is 17.4 Å². The molecule has 2 aromatic carbocycles. The highest BCUT2D eigenvalue weighted by Crippen LogP contribution is 2.27. The third-order valence-electron chi connectivity index (χ3n) is 6.34. The van der Waals surface area contributed by atoms with Crippen LogP contribution in [0.4, 0.5) is 10.1 Å². The molecule has 1 aromatic heterocycles. The Morgan fingerprint density at radius 3 is 2.60 bits per heavy atom. The van der Waals surface area contributed by atoms with Gasteiger partial charge in [-0.05, 0) is 80.6 Å². The van der Waals surface area contributed by atoms with Gasteiger partial charge in [-0.25, -0.2) is 4.39 Å². The first-order valence-corrected chi connectivity index (χ1v) is 11.9. The summed E-state index contributed by atoms with van der Waals surface area (Å²) in [5.74, 6) is 6.16. The van der Waals surface area contributed by atoms with Crippen molar-refractivity contribution in [3.8, 4) is 11.8 Å². The summed E-state index contributed by atoms with van der Waals surface area (Å²) >= 11 is 0. The lowest BCUT2D eigenvalue weighted by Gasteiger charge is -2.33. The van der Waals surface area contributed by atoms with E-state index in [1.54, 1.807) is 25.3 Å². The zero-order valence-electron chi connectivity index (χ0n) is 19.8. The standard InChI is InChI=1S/C28H29FN4O2/c1-20(34)23-12-15-33(16-13-23)27-11-8-25(28(35)30-14-2-3-22-18-31-32-19-22)17-24(27)7-4-21-5-9-26(29)10-6-21/h5-6,8-11,17-19,23H,2-3,12-16H2,1H3,(H,30,35)(H,31,32). The molecule has 1 saturated heterocycles. The number of aromatic nitrogens is 2. The molecule has 7 heteroatoms. The number of benzene rings is 2. The van der Waals surface area contributed by atoms with Gasteiger partial charge in [0.1, 0.15) is 11.6 Å². The summed E-state index contributed by atoms with van der Waals surface area (Å²) in [6.45, 7) is 3.73. The number of amides is 1. The van der Waals surface area contributed by atoms with Crippen LogP contribution in [0, 0.1) is 23.6 Å². The number of halogens is 1. The highest BCUT2D eigenvalue weighted by Gasteiger charge is 2.24. The molecule has 2 N–H and O–H groups in total. The molecule has 4 rings (SSSR count). The topological polar surface area (TPSA) is 78.1 Å². The van der Waals surface area contributed by atoms with Crippen LogP contribution < -0.4 is 10.2 Å². The Labute approximate surface area is 204 Å². The molecule has 0 bridgehead atoms. The smallest absolute Gasteiger partial charge is 0.251 e. The van der Waals surface area contributed by atoms with Crippen molar-refractivity contribution in [1.82, 2.24) is 15.5 Å². The molecule has 0 unspecified atom stereocenters. The molecule has 1 aliphatic heterocycles. The molecule has 0 radical (unpaired) electrons. The number of H-pyrrole nitrogens is 1. The summed E-state index contributed by atoms with van der Waals surface area (Å²) in [4.78, 5) is 26.8. The van der Waals surface area contributed by atoms with Crippen molar-refractivity contribution in [1.29, 1.82) is 0 Å². The Balaban J connectivity index is 1.50. The summed E-state index contributed by atoms with van der Waals surface area (Å²) in [6.07, 6.45) is 6.89. The van der Waals surface area contributed by atoms with Gasteiger partial charge in [0, 0.05) is 48.4 Å². The Kier molecular flexibility index (Phi) is 7.94. The average molecular weight is 473 g/mol. The quantitative estimate of drug-likeness (QED) is 0.401. The maximum atomic E-state index is 13.3. The van der Waals surface area contributed by atoms with Crippen LogP contribution in [0.25, 0.3) is 0 Å². The Hall–Kier alpha value is -3.92. The molecule has 6 nitrogen and oxygen atoms in total. The number of aryl methyl sites for hydroxylation is 1. The molecule has 35 heavy (non-hydrogen) atoms. The van der Waals surface area contributed by atoms with E-state index >= 15 is 0 Å². The second-order valence-corrected chi connectivity index (χ2v) is 8.83. The maximum Gasteiger partial charge on any atom is 0.251 e.